The molecule has 0 aromatic heterocycles. The van der Waals surface area contributed by atoms with Gasteiger partial charge in [0.15, 0.2) is 11.5 Å². The summed E-state index contributed by atoms with van der Waals surface area (Å²) >= 11 is 0. The van der Waals surface area contributed by atoms with Gasteiger partial charge in [-0.1, -0.05) is 31.0 Å². The van der Waals surface area contributed by atoms with Crippen LogP contribution in [0.15, 0.2) is 53.4 Å². The predicted octanol–water partition coefficient (Wildman–Crippen LogP) is 3.21. The summed E-state index contributed by atoms with van der Waals surface area (Å²) in [4.78, 5) is 23.5. The van der Waals surface area contributed by atoms with E-state index in [0.29, 0.717) is 30.0 Å². The van der Waals surface area contributed by atoms with Crippen LogP contribution in [0.2, 0.25) is 0 Å². The van der Waals surface area contributed by atoms with E-state index < -0.39 is 16.0 Å². The summed E-state index contributed by atoms with van der Waals surface area (Å²) in [5, 5.41) is 2.80. The van der Waals surface area contributed by atoms with E-state index >= 15 is 0 Å². The van der Waals surface area contributed by atoms with Crippen molar-refractivity contribution >= 4 is 28.0 Å². The van der Waals surface area contributed by atoms with Gasteiger partial charge >= 0.3 is 5.97 Å². The number of ether oxygens (including phenoxy) is 2. The highest BCUT2D eigenvalue weighted by atomic mass is 32.2. The Hall–Kier alpha value is -3.17. The van der Waals surface area contributed by atoms with Gasteiger partial charge in [0, 0.05) is 25.6 Å². The number of carbonyl (C=O) groups is 2. The van der Waals surface area contributed by atoms with Crippen LogP contribution in [0, 0.1) is 0 Å². The molecule has 9 heteroatoms. The summed E-state index contributed by atoms with van der Waals surface area (Å²) in [6.07, 6.45) is 7.50. The molecule has 182 valence electrons. The van der Waals surface area contributed by atoms with Crippen LogP contribution in [0.3, 0.4) is 0 Å². The molecule has 8 nitrogen and oxygen atoms in total. The predicted molar refractivity (Wildman–Crippen MR) is 129 cm³/mol. The first kappa shape index (κ1) is 25.5. The molecular formula is C25H30N2O6S. The number of amides is 1. The lowest BCUT2D eigenvalue weighted by Crippen LogP contribution is -2.32. The molecule has 0 atom stereocenters. The van der Waals surface area contributed by atoms with Crippen molar-refractivity contribution in [3.05, 3.63) is 59.7 Å². The SMILES string of the molecule is COc1cc(/C=C/C(=O)NCCc2ccc(S(=O)(=O)NC3CCCC3)cc2)ccc1OC(C)=O. The third-order valence-corrected chi connectivity index (χ3v) is 7.03. The maximum Gasteiger partial charge on any atom is 0.308 e. The molecule has 0 unspecified atom stereocenters. The van der Waals surface area contributed by atoms with Gasteiger partial charge < -0.3 is 14.8 Å². The molecule has 2 aromatic carbocycles. The number of hydrogen-bond acceptors (Lipinski definition) is 6. The second kappa shape index (κ2) is 11.8. The van der Waals surface area contributed by atoms with Gasteiger partial charge in [-0.2, -0.15) is 0 Å². The summed E-state index contributed by atoms with van der Waals surface area (Å²) in [5.74, 6) is -0.00707. The van der Waals surface area contributed by atoms with Crippen molar-refractivity contribution in [1.29, 1.82) is 0 Å². The van der Waals surface area contributed by atoms with E-state index in [9.17, 15) is 18.0 Å². The van der Waals surface area contributed by atoms with E-state index in [-0.39, 0.29) is 16.8 Å². The highest BCUT2D eigenvalue weighted by molar-refractivity contribution is 7.89. The van der Waals surface area contributed by atoms with Crippen molar-refractivity contribution in [2.24, 2.45) is 0 Å². The standard InChI is InChI=1S/C25H30N2O6S/c1-18(28)33-23-13-9-20(17-24(23)32-2)10-14-25(29)26-16-15-19-7-11-22(12-8-19)34(30,31)27-21-5-3-4-6-21/h7-14,17,21,27H,3-6,15-16H2,1-2H3,(H,26,29)/b14-10+. The number of methoxy groups -OCH3 is 1. The molecule has 34 heavy (non-hydrogen) atoms. The van der Waals surface area contributed by atoms with E-state index in [4.69, 9.17) is 9.47 Å². The number of benzene rings is 2. The first-order chi connectivity index (χ1) is 16.3. The molecule has 2 N–H and O–H groups in total. The first-order valence-electron chi connectivity index (χ1n) is 11.2. The lowest BCUT2D eigenvalue weighted by molar-refractivity contribution is -0.132. The Morgan fingerprint density at radius 1 is 1.06 bits per heavy atom. The molecular weight excluding hydrogens is 456 g/mol. The molecule has 0 saturated heterocycles. The van der Waals surface area contributed by atoms with Crippen molar-refractivity contribution in [2.75, 3.05) is 13.7 Å². The van der Waals surface area contributed by atoms with E-state index in [2.05, 4.69) is 10.0 Å². The van der Waals surface area contributed by atoms with Crippen LogP contribution in [0.5, 0.6) is 11.5 Å². The average Bonchev–Trinajstić information content (AvgIpc) is 3.30. The Balaban J connectivity index is 1.48. The molecule has 1 saturated carbocycles. The summed E-state index contributed by atoms with van der Waals surface area (Å²) < 4.78 is 38.0. The molecule has 1 amide bonds. The summed E-state index contributed by atoms with van der Waals surface area (Å²) in [6.45, 7) is 1.71. The van der Waals surface area contributed by atoms with Crippen LogP contribution in [0.25, 0.3) is 6.08 Å². The lowest BCUT2D eigenvalue weighted by Gasteiger charge is -2.13. The zero-order valence-corrected chi connectivity index (χ0v) is 20.2. The third kappa shape index (κ3) is 7.43. The van der Waals surface area contributed by atoms with E-state index in [1.165, 1.54) is 20.1 Å². The normalized spacial score (nSPS) is 14.3. The molecule has 0 bridgehead atoms. The van der Waals surface area contributed by atoms with E-state index in [0.717, 1.165) is 31.2 Å². The van der Waals surface area contributed by atoms with Gasteiger partial charge in [0.1, 0.15) is 0 Å². The van der Waals surface area contributed by atoms with Gasteiger partial charge in [-0.25, -0.2) is 13.1 Å². The molecule has 3 rings (SSSR count). The van der Waals surface area contributed by atoms with Crippen molar-refractivity contribution in [3.63, 3.8) is 0 Å². The highest BCUT2D eigenvalue weighted by Gasteiger charge is 2.22. The second-order valence-electron chi connectivity index (χ2n) is 8.12. The third-order valence-electron chi connectivity index (χ3n) is 5.49. The Kier molecular flexibility index (Phi) is 8.84. The maximum absolute atomic E-state index is 12.5. The van der Waals surface area contributed by atoms with Gasteiger partial charge in [0.25, 0.3) is 0 Å². The van der Waals surface area contributed by atoms with Gasteiger partial charge in [-0.05, 0) is 60.7 Å². The zero-order valence-electron chi connectivity index (χ0n) is 19.4. The van der Waals surface area contributed by atoms with Crippen LogP contribution < -0.4 is 19.5 Å². The van der Waals surface area contributed by atoms with E-state index in [1.54, 1.807) is 48.5 Å². The maximum atomic E-state index is 12.5. The topological polar surface area (TPSA) is 111 Å². The number of esters is 1. The molecule has 1 aliphatic rings. The van der Waals surface area contributed by atoms with Crippen LogP contribution in [-0.4, -0.2) is 40.0 Å². The van der Waals surface area contributed by atoms with Crippen molar-refractivity contribution in [3.8, 4) is 11.5 Å². The number of hydrogen-bond donors (Lipinski definition) is 2. The molecule has 0 aliphatic heterocycles. The van der Waals surface area contributed by atoms with Crippen LogP contribution in [0.4, 0.5) is 0 Å². The molecule has 1 aliphatic carbocycles. The smallest absolute Gasteiger partial charge is 0.308 e. The molecule has 0 radical (unpaired) electrons. The van der Waals surface area contributed by atoms with Crippen LogP contribution in [-0.2, 0) is 26.0 Å². The van der Waals surface area contributed by atoms with Gasteiger partial charge in [-0.15, -0.1) is 0 Å². The van der Waals surface area contributed by atoms with Gasteiger partial charge in [0.2, 0.25) is 15.9 Å². The van der Waals surface area contributed by atoms with Gasteiger partial charge in [-0.3, -0.25) is 9.59 Å². The summed E-state index contributed by atoms with van der Waals surface area (Å²) in [5.41, 5.74) is 1.64. The quantitative estimate of drug-likeness (QED) is 0.303. The Bertz CT molecular complexity index is 1140. The second-order valence-corrected chi connectivity index (χ2v) is 9.84. The van der Waals surface area contributed by atoms with Crippen molar-refractivity contribution in [1.82, 2.24) is 10.0 Å². The van der Waals surface area contributed by atoms with Gasteiger partial charge in [0.05, 0.1) is 12.0 Å². The minimum absolute atomic E-state index is 0.0286. The number of carbonyl (C=O) groups excluding carboxylic acids is 2. The minimum Gasteiger partial charge on any atom is -0.493 e. The monoisotopic (exact) mass is 486 g/mol. The highest BCUT2D eigenvalue weighted by Crippen LogP contribution is 2.28. The fourth-order valence-electron chi connectivity index (χ4n) is 3.75. The Labute approximate surface area is 200 Å². The number of nitrogens with one attached hydrogen (secondary N) is 2. The fourth-order valence-corrected chi connectivity index (χ4v) is 5.06. The molecule has 1 fully saturated rings. The van der Waals surface area contributed by atoms with Crippen molar-refractivity contribution in [2.45, 2.75) is 50.0 Å². The molecule has 2 aromatic rings. The first-order valence-corrected chi connectivity index (χ1v) is 12.7. The average molecular weight is 487 g/mol. The van der Waals surface area contributed by atoms with E-state index in [1.807, 2.05) is 0 Å². The zero-order chi connectivity index (χ0) is 24.6. The summed E-state index contributed by atoms with van der Waals surface area (Å²) in [6, 6.07) is 11.7. The Morgan fingerprint density at radius 3 is 2.41 bits per heavy atom. The van der Waals surface area contributed by atoms with Crippen LogP contribution in [0.1, 0.15) is 43.7 Å². The molecule has 0 heterocycles. The lowest BCUT2D eigenvalue weighted by atomic mass is 10.1. The number of sulfonamides is 1. The van der Waals surface area contributed by atoms with Crippen LogP contribution >= 0.6 is 0 Å². The van der Waals surface area contributed by atoms with Crippen molar-refractivity contribution < 1.29 is 27.5 Å². The largest absolute Gasteiger partial charge is 0.493 e. The fraction of sp³-hybridized carbons (Fsp3) is 0.360. The summed E-state index contributed by atoms with van der Waals surface area (Å²) in [7, 11) is -2.04. The Morgan fingerprint density at radius 2 is 1.76 bits per heavy atom. The number of rotatable bonds is 10. The molecule has 0 spiro atoms. The minimum atomic E-state index is -3.50.